The fourth-order valence-corrected chi connectivity index (χ4v) is 3.22. The van der Waals surface area contributed by atoms with Gasteiger partial charge in [-0.1, -0.05) is 27.7 Å². The summed E-state index contributed by atoms with van der Waals surface area (Å²) >= 11 is 1.69. The van der Waals surface area contributed by atoms with E-state index in [9.17, 15) is 4.39 Å². The summed E-state index contributed by atoms with van der Waals surface area (Å²) in [5, 5.41) is 1.06. The summed E-state index contributed by atoms with van der Waals surface area (Å²) in [6.45, 7) is 10.1. The summed E-state index contributed by atoms with van der Waals surface area (Å²) in [6.07, 6.45) is 0.946. The molecule has 2 rings (SSSR count). The summed E-state index contributed by atoms with van der Waals surface area (Å²) in [5.74, 6) is 0. The topological polar surface area (TPSA) is 16.1 Å². The molecule has 0 radical (unpaired) electrons. The predicted octanol–water partition coefficient (Wildman–Crippen LogP) is 3.68. The van der Waals surface area contributed by atoms with Crippen molar-refractivity contribution in [2.45, 2.75) is 52.2 Å². The Morgan fingerprint density at radius 1 is 1.47 bits per heavy atom. The molecule has 0 aromatic carbocycles. The molecule has 1 unspecified atom stereocenters. The number of halogens is 1. The van der Waals surface area contributed by atoms with Gasteiger partial charge in [-0.25, -0.2) is 9.37 Å². The molecular weight excluding hydrogens is 235 g/mol. The minimum atomic E-state index is -0.994. The molecule has 2 heterocycles. The summed E-state index contributed by atoms with van der Waals surface area (Å²) in [4.78, 5) is 7.58. The zero-order valence-corrected chi connectivity index (χ0v) is 11.9. The van der Waals surface area contributed by atoms with E-state index in [4.69, 9.17) is 0 Å². The number of nitrogens with zero attached hydrogens (tertiary/aromatic N) is 2. The molecule has 1 aromatic heterocycles. The highest BCUT2D eigenvalue weighted by atomic mass is 32.1. The van der Waals surface area contributed by atoms with Gasteiger partial charge in [0.25, 0.3) is 0 Å². The molecule has 1 aliphatic rings. The number of hydrogen-bond donors (Lipinski definition) is 0. The standard InChI is InChI=1S/C13H21FN2S/c1-5-7-16-8-6-9-10(11(16)14)15-12(17-9)13(2,3)4/h11H,5-8H2,1-4H3. The van der Waals surface area contributed by atoms with E-state index in [1.165, 1.54) is 0 Å². The van der Waals surface area contributed by atoms with Crippen LogP contribution in [0, 0.1) is 0 Å². The lowest BCUT2D eigenvalue weighted by Crippen LogP contribution is -2.33. The Kier molecular flexibility index (Phi) is 3.55. The second kappa shape index (κ2) is 4.65. The molecular formula is C13H21FN2S. The first-order valence-corrected chi connectivity index (χ1v) is 7.13. The van der Waals surface area contributed by atoms with Crippen molar-refractivity contribution in [2.75, 3.05) is 13.1 Å². The maximum Gasteiger partial charge on any atom is 0.197 e. The van der Waals surface area contributed by atoms with E-state index in [-0.39, 0.29) is 5.41 Å². The zero-order chi connectivity index (χ0) is 12.6. The third kappa shape index (κ3) is 2.52. The number of aromatic nitrogens is 1. The van der Waals surface area contributed by atoms with Crippen molar-refractivity contribution in [2.24, 2.45) is 0 Å². The number of rotatable bonds is 2. The molecule has 96 valence electrons. The van der Waals surface area contributed by atoms with E-state index in [2.05, 4.69) is 32.7 Å². The summed E-state index contributed by atoms with van der Waals surface area (Å²) in [5.41, 5.74) is 0.705. The fraction of sp³-hybridized carbons (Fsp3) is 0.769. The Bertz CT molecular complexity index is 395. The average Bonchev–Trinajstić information content (AvgIpc) is 2.66. The molecule has 4 heteroatoms. The van der Waals surface area contributed by atoms with Crippen LogP contribution in [0.2, 0.25) is 0 Å². The van der Waals surface area contributed by atoms with Crippen molar-refractivity contribution in [3.8, 4) is 0 Å². The first kappa shape index (κ1) is 13.0. The average molecular weight is 256 g/mol. The van der Waals surface area contributed by atoms with Crippen LogP contribution in [-0.4, -0.2) is 23.0 Å². The number of alkyl halides is 1. The van der Waals surface area contributed by atoms with Crippen LogP contribution in [0.15, 0.2) is 0 Å². The van der Waals surface area contributed by atoms with Gasteiger partial charge >= 0.3 is 0 Å². The van der Waals surface area contributed by atoms with Gasteiger partial charge in [0.05, 0.1) is 5.01 Å². The van der Waals surface area contributed by atoms with Crippen LogP contribution in [0.3, 0.4) is 0 Å². The van der Waals surface area contributed by atoms with Crippen LogP contribution in [0.4, 0.5) is 4.39 Å². The van der Waals surface area contributed by atoms with E-state index < -0.39 is 6.30 Å². The first-order valence-electron chi connectivity index (χ1n) is 6.31. The van der Waals surface area contributed by atoms with Crippen molar-refractivity contribution >= 4 is 11.3 Å². The van der Waals surface area contributed by atoms with Crippen molar-refractivity contribution in [1.29, 1.82) is 0 Å². The Morgan fingerprint density at radius 3 is 2.76 bits per heavy atom. The molecule has 0 amide bonds. The summed E-state index contributed by atoms with van der Waals surface area (Å²) in [6, 6.07) is 0. The number of fused-ring (bicyclic) bond motifs is 1. The van der Waals surface area contributed by atoms with Crippen molar-refractivity contribution < 1.29 is 4.39 Å². The van der Waals surface area contributed by atoms with Gasteiger partial charge in [-0.05, 0) is 12.8 Å². The van der Waals surface area contributed by atoms with E-state index in [1.807, 2.05) is 4.90 Å². The Morgan fingerprint density at radius 2 is 2.18 bits per heavy atom. The van der Waals surface area contributed by atoms with Crippen LogP contribution in [0.1, 0.15) is 56.0 Å². The van der Waals surface area contributed by atoms with Crippen molar-refractivity contribution in [3.63, 3.8) is 0 Å². The second-order valence-electron chi connectivity index (χ2n) is 5.70. The molecule has 17 heavy (non-hydrogen) atoms. The molecule has 0 saturated carbocycles. The van der Waals surface area contributed by atoms with E-state index in [1.54, 1.807) is 11.3 Å². The van der Waals surface area contributed by atoms with E-state index in [0.717, 1.165) is 35.8 Å². The molecule has 1 aromatic rings. The lowest BCUT2D eigenvalue weighted by Gasteiger charge is -2.28. The highest BCUT2D eigenvalue weighted by molar-refractivity contribution is 7.11. The Hall–Kier alpha value is -0.480. The maximum absolute atomic E-state index is 14.3. The molecule has 0 fully saturated rings. The molecule has 1 aliphatic heterocycles. The minimum absolute atomic E-state index is 0.0251. The van der Waals surface area contributed by atoms with Gasteiger partial charge in [0.15, 0.2) is 6.30 Å². The van der Waals surface area contributed by atoms with Crippen molar-refractivity contribution in [3.05, 3.63) is 15.6 Å². The van der Waals surface area contributed by atoms with Crippen LogP contribution < -0.4 is 0 Å². The first-order chi connectivity index (χ1) is 7.93. The Labute approximate surface area is 107 Å². The third-order valence-corrected chi connectivity index (χ3v) is 4.61. The van der Waals surface area contributed by atoms with E-state index >= 15 is 0 Å². The normalized spacial score (nSPS) is 21.6. The van der Waals surface area contributed by atoms with Gasteiger partial charge in [-0.15, -0.1) is 11.3 Å². The van der Waals surface area contributed by atoms with Crippen LogP contribution in [0.25, 0.3) is 0 Å². The minimum Gasteiger partial charge on any atom is -0.268 e. The summed E-state index contributed by atoms with van der Waals surface area (Å²) < 4.78 is 14.3. The van der Waals surface area contributed by atoms with Gasteiger partial charge in [0.1, 0.15) is 5.69 Å². The molecule has 0 spiro atoms. The number of thiazole rings is 1. The van der Waals surface area contributed by atoms with Crippen LogP contribution >= 0.6 is 11.3 Å². The lowest BCUT2D eigenvalue weighted by molar-refractivity contribution is 0.0692. The third-order valence-electron chi connectivity index (χ3n) is 3.05. The predicted molar refractivity (Wildman–Crippen MR) is 70.2 cm³/mol. The SMILES string of the molecule is CCCN1CCc2sc(C(C)(C)C)nc2C1F. The monoisotopic (exact) mass is 256 g/mol. The zero-order valence-electron chi connectivity index (χ0n) is 11.1. The van der Waals surface area contributed by atoms with Gasteiger partial charge in [-0.3, -0.25) is 4.90 Å². The molecule has 0 bridgehead atoms. The highest BCUT2D eigenvalue weighted by Gasteiger charge is 2.32. The Balaban J connectivity index is 2.27. The van der Waals surface area contributed by atoms with Gasteiger partial charge in [0, 0.05) is 23.4 Å². The maximum atomic E-state index is 14.3. The fourth-order valence-electron chi connectivity index (χ4n) is 2.09. The molecule has 0 N–H and O–H groups in total. The lowest BCUT2D eigenvalue weighted by atomic mass is 9.98. The molecule has 0 aliphatic carbocycles. The highest BCUT2D eigenvalue weighted by Crippen LogP contribution is 2.37. The van der Waals surface area contributed by atoms with Gasteiger partial charge in [0.2, 0.25) is 0 Å². The molecule has 2 nitrogen and oxygen atoms in total. The van der Waals surface area contributed by atoms with Gasteiger partial charge < -0.3 is 0 Å². The summed E-state index contributed by atoms with van der Waals surface area (Å²) in [7, 11) is 0. The van der Waals surface area contributed by atoms with E-state index in [0.29, 0.717) is 5.69 Å². The van der Waals surface area contributed by atoms with Crippen LogP contribution in [0.5, 0.6) is 0 Å². The number of hydrogen-bond acceptors (Lipinski definition) is 3. The van der Waals surface area contributed by atoms with Crippen molar-refractivity contribution in [1.82, 2.24) is 9.88 Å². The smallest absolute Gasteiger partial charge is 0.197 e. The largest absolute Gasteiger partial charge is 0.268 e. The second-order valence-corrected chi connectivity index (χ2v) is 6.78. The molecule has 1 atom stereocenters. The molecule has 0 saturated heterocycles. The quantitative estimate of drug-likeness (QED) is 0.750. The van der Waals surface area contributed by atoms with Crippen LogP contribution in [-0.2, 0) is 11.8 Å². The van der Waals surface area contributed by atoms with Gasteiger partial charge in [-0.2, -0.15) is 0 Å².